The van der Waals surface area contributed by atoms with Gasteiger partial charge in [-0.05, 0) is 31.9 Å². The third kappa shape index (κ3) is 3.48. The van der Waals surface area contributed by atoms with Crippen LogP contribution in [0, 0.1) is 5.92 Å². The van der Waals surface area contributed by atoms with Gasteiger partial charge in [0.2, 0.25) is 0 Å². The molecule has 1 aromatic heterocycles. The first-order valence-corrected chi connectivity index (χ1v) is 8.57. The van der Waals surface area contributed by atoms with Crippen molar-refractivity contribution in [2.75, 3.05) is 13.1 Å². The number of amides is 1. The van der Waals surface area contributed by atoms with Gasteiger partial charge in [-0.2, -0.15) is 5.10 Å². The van der Waals surface area contributed by atoms with Gasteiger partial charge in [0.15, 0.2) is 5.82 Å². The Morgan fingerprint density at radius 1 is 1.42 bits per heavy atom. The van der Waals surface area contributed by atoms with Crippen molar-refractivity contribution in [3.05, 3.63) is 35.7 Å². The third-order valence-electron chi connectivity index (χ3n) is 4.68. The summed E-state index contributed by atoms with van der Waals surface area (Å²) in [5.74, 6) is 1.69. The van der Waals surface area contributed by atoms with Crippen LogP contribution in [0.15, 0.2) is 24.3 Å². The lowest BCUT2D eigenvalue weighted by molar-refractivity contribution is 0.0466. The second-order valence-electron chi connectivity index (χ2n) is 6.43. The van der Waals surface area contributed by atoms with E-state index in [9.17, 15) is 9.90 Å². The number of likely N-dealkylation sites (tertiary alicyclic amines) is 1. The molecule has 6 heteroatoms. The van der Waals surface area contributed by atoms with E-state index in [2.05, 4.69) is 15.2 Å². The van der Waals surface area contributed by atoms with Gasteiger partial charge in [-0.3, -0.25) is 9.89 Å². The van der Waals surface area contributed by atoms with Gasteiger partial charge in [0.1, 0.15) is 5.82 Å². The van der Waals surface area contributed by atoms with Crippen molar-refractivity contribution in [1.29, 1.82) is 0 Å². The summed E-state index contributed by atoms with van der Waals surface area (Å²) in [4.78, 5) is 18.9. The maximum atomic E-state index is 12.7. The number of rotatable bonds is 4. The number of nitrogens with one attached hydrogen (secondary N) is 1. The van der Waals surface area contributed by atoms with Gasteiger partial charge in [-0.15, -0.1) is 0 Å². The number of aromatic nitrogens is 3. The largest absolute Gasteiger partial charge is 0.393 e. The molecule has 1 saturated heterocycles. The Morgan fingerprint density at radius 2 is 2.17 bits per heavy atom. The van der Waals surface area contributed by atoms with Crippen molar-refractivity contribution in [1.82, 2.24) is 20.1 Å². The number of aliphatic hydroxyl groups is 1. The SMILES string of the molecule is CCc1nc(-c2ccc(C(=O)N3CCCC(C(C)O)C3)cc2)n[nH]1. The third-order valence-corrected chi connectivity index (χ3v) is 4.68. The zero-order chi connectivity index (χ0) is 17.1. The fourth-order valence-corrected chi connectivity index (χ4v) is 3.12. The van der Waals surface area contributed by atoms with Crippen molar-refractivity contribution < 1.29 is 9.90 Å². The highest BCUT2D eigenvalue weighted by atomic mass is 16.3. The van der Waals surface area contributed by atoms with Crippen molar-refractivity contribution in [2.45, 2.75) is 39.2 Å². The molecule has 0 spiro atoms. The minimum absolute atomic E-state index is 0.0242. The lowest BCUT2D eigenvalue weighted by Crippen LogP contribution is -2.42. The van der Waals surface area contributed by atoms with E-state index in [0.717, 1.165) is 37.2 Å². The Kier molecular flexibility index (Phi) is 4.94. The molecule has 24 heavy (non-hydrogen) atoms. The molecule has 3 rings (SSSR count). The van der Waals surface area contributed by atoms with Crippen LogP contribution in [0.25, 0.3) is 11.4 Å². The van der Waals surface area contributed by atoms with E-state index in [1.165, 1.54) is 0 Å². The van der Waals surface area contributed by atoms with Gasteiger partial charge in [-0.1, -0.05) is 19.1 Å². The van der Waals surface area contributed by atoms with Gasteiger partial charge in [0, 0.05) is 36.6 Å². The van der Waals surface area contributed by atoms with E-state index in [4.69, 9.17) is 0 Å². The molecule has 1 amide bonds. The molecule has 2 heterocycles. The zero-order valence-electron chi connectivity index (χ0n) is 14.2. The summed E-state index contributed by atoms with van der Waals surface area (Å²) >= 11 is 0. The van der Waals surface area contributed by atoms with Crippen LogP contribution in [0.4, 0.5) is 0 Å². The lowest BCUT2D eigenvalue weighted by atomic mass is 9.93. The molecule has 0 radical (unpaired) electrons. The van der Waals surface area contributed by atoms with Crippen molar-refractivity contribution >= 4 is 5.91 Å². The molecule has 2 atom stereocenters. The number of piperidine rings is 1. The minimum Gasteiger partial charge on any atom is -0.393 e. The van der Waals surface area contributed by atoms with Crippen LogP contribution in [0.2, 0.25) is 0 Å². The fraction of sp³-hybridized carbons (Fsp3) is 0.500. The van der Waals surface area contributed by atoms with Crippen molar-refractivity contribution in [3.8, 4) is 11.4 Å². The molecule has 1 aliphatic rings. The summed E-state index contributed by atoms with van der Waals surface area (Å²) in [7, 11) is 0. The van der Waals surface area contributed by atoms with Gasteiger partial charge in [-0.25, -0.2) is 4.98 Å². The molecule has 2 unspecified atom stereocenters. The molecular weight excluding hydrogens is 304 g/mol. The average Bonchev–Trinajstić information content (AvgIpc) is 3.10. The number of carbonyl (C=O) groups is 1. The van der Waals surface area contributed by atoms with Gasteiger partial charge >= 0.3 is 0 Å². The number of hydrogen-bond donors (Lipinski definition) is 2. The number of nitrogens with zero attached hydrogens (tertiary/aromatic N) is 3. The first kappa shape index (κ1) is 16.6. The summed E-state index contributed by atoms with van der Waals surface area (Å²) in [6, 6.07) is 7.41. The first-order chi connectivity index (χ1) is 11.6. The Morgan fingerprint density at radius 3 is 2.79 bits per heavy atom. The fourth-order valence-electron chi connectivity index (χ4n) is 3.12. The standard InChI is InChI=1S/C18H24N4O2/c1-3-16-19-17(21-20-16)13-6-8-14(9-7-13)18(24)22-10-4-5-15(11-22)12(2)23/h6-9,12,15,23H,3-5,10-11H2,1-2H3,(H,19,20,21). The maximum absolute atomic E-state index is 12.7. The van der Waals surface area contributed by atoms with E-state index in [-0.39, 0.29) is 17.9 Å². The maximum Gasteiger partial charge on any atom is 0.253 e. The molecule has 1 aromatic carbocycles. The zero-order valence-corrected chi connectivity index (χ0v) is 14.2. The summed E-state index contributed by atoms with van der Waals surface area (Å²) in [6.45, 7) is 5.20. The first-order valence-electron chi connectivity index (χ1n) is 8.57. The van der Waals surface area contributed by atoms with Crippen molar-refractivity contribution in [3.63, 3.8) is 0 Å². The van der Waals surface area contributed by atoms with E-state index in [0.29, 0.717) is 17.9 Å². The van der Waals surface area contributed by atoms with E-state index < -0.39 is 0 Å². The number of benzene rings is 1. The number of aryl methyl sites for hydroxylation is 1. The number of aromatic amines is 1. The average molecular weight is 328 g/mol. The van der Waals surface area contributed by atoms with Crippen LogP contribution in [-0.2, 0) is 6.42 Å². The molecule has 0 saturated carbocycles. The second kappa shape index (κ2) is 7.13. The molecule has 6 nitrogen and oxygen atoms in total. The molecular formula is C18H24N4O2. The number of aliphatic hydroxyl groups excluding tert-OH is 1. The number of hydrogen-bond acceptors (Lipinski definition) is 4. The molecule has 1 fully saturated rings. The Balaban J connectivity index is 1.71. The van der Waals surface area contributed by atoms with Crippen LogP contribution >= 0.6 is 0 Å². The van der Waals surface area contributed by atoms with E-state index in [1.807, 2.05) is 36.1 Å². The molecule has 2 aromatic rings. The van der Waals surface area contributed by atoms with E-state index >= 15 is 0 Å². The summed E-state index contributed by atoms with van der Waals surface area (Å²) in [6.07, 6.45) is 2.35. The second-order valence-corrected chi connectivity index (χ2v) is 6.43. The minimum atomic E-state index is -0.374. The molecule has 0 aliphatic carbocycles. The highest BCUT2D eigenvalue weighted by Crippen LogP contribution is 2.22. The van der Waals surface area contributed by atoms with Crippen LogP contribution < -0.4 is 0 Å². The van der Waals surface area contributed by atoms with Crippen LogP contribution in [0.5, 0.6) is 0 Å². The van der Waals surface area contributed by atoms with Crippen LogP contribution in [0.1, 0.15) is 42.9 Å². The quantitative estimate of drug-likeness (QED) is 0.902. The summed E-state index contributed by atoms with van der Waals surface area (Å²) < 4.78 is 0. The smallest absolute Gasteiger partial charge is 0.253 e. The molecule has 1 aliphatic heterocycles. The van der Waals surface area contributed by atoms with E-state index in [1.54, 1.807) is 6.92 Å². The van der Waals surface area contributed by atoms with Gasteiger partial charge in [0.25, 0.3) is 5.91 Å². The Labute approximate surface area is 141 Å². The monoisotopic (exact) mass is 328 g/mol. The number of carbonyl (C=O) groups excluding carboxylic acids is 1. The van der Waals surface area contributed by atoms with Gasteiger partial charge < -0.3 is 10.0 Å². The Hall–Kier alpha value is -2.21. The van der Waals surface area contributed by atoms with Gasteiger partial charge in [0.05, 0.1) is 6.10 Å². The lowest BCUT2D eigenvalue weighted by Gasteiger charge is -2.34. The van der Waals surface area contributed by atoms with Crippen molar-refractivity contribution in [2.24, 2.45) is 5.92 Å². The summed E-state index contributed by atoms with van der Waals surface area (Å²) in [5, 5.41) is 16.9. The Bertz CT molecular complexity index is 693. The topological polar surface area (TPSA) is 82.1 Å². The molecule has 2 N–H and O–H groups in total. The normalized spacial score (nSPS) is 19.3. The summed E-state index contributed by atoms with van der Waals surface area (Å²) in [5.41, 5.74) is 1.55. The van der Waals surface area contributed by atoms with Crippen LogP contribution in [-0.4, -0.2) is 50.3 Å². The highest BCUT2D eigenvalue weighted by Gasteiger charge is 2.27. The molecule has 128 valence electrons. The van der Waals surface area contributed by atoms with Crippen LogP contribution in [0.3, 0.4) is 0 Å². The predicted molar refractivity (Wildman–Crippen MR) is 91.5 cm³/mol. The predicted octanol–water partition coefficient (Wildman–Crippen LogP) is 2.27. The molecule has 0 bridgehead atoms. The highest BCUT2D eigenvalue weighted by molar-refractivity contribution is 5.94. The number of H-pyrrole nitrogens is 1.